The summed E-state index contributed by atoms with van der Waals surface area (Å²) in [4.78, 5) is 4.45. The first kappa shape index (κ1) is 15.1. The van der Waals surface area contributed by atoms with Gasteiger partial charge in [-0.25, -0.2) is 0 Å². The lowest BCUT2D eigenvalue weighted by Crippen LogP contribution is -2.13. The molecule has 2 unspecified atom stereocenters. The summed E-state index contributed by atoms with van der Waals surface area (Å²) in [5.41, 5.74) is 2.10. The zero-order chi connectivity index (χ0) is 16.5. The van der Waals surface area contributed by atoms with E-state index in [-0.39, 0.29) is 0 Å². The van der Waals surface area contributed by atoms with Crippen LogP contribution in [0.2, 0.25) is 0 Å². The quantitative estimate of drug-likeness (QED) is 0.741. The van der Waals surface area contributed by atoms with Crippen LogP contribution in [0, 0.1) is 12.8 Å². The van der Waals surface area contributed by atoms with E-state index in [0.717, 1.165) is 28.6 Å². The third-order valence-corrected chi connectivity index (χ3v) is 4.58. The van der Waals surface area contributed by atoms with Crippen molar-refractivity contribution in [3.8, 4) is 11.5 Å². The van der Waals surface area contributed by atoms with Crippen molar-refractivity contribution in [2.45, 2.75) is 39.3 Å². The van der Waals surface area contributed by atoms with E-state index in [1.54, 1.807) is 0 Å². The van der Waals surface area contributed by atoms with E-state index < -0.39 is 0 Å². The van der Waals surface area contributed by atoms with E-state index in [0.29, 0.717) is 30.7 Å². The number of benzene rings is 1. The minimum atomic E-state index is 0.547. The van der Waals surface area contributed by atoms with Crippen molar-refractivity contribution in [1.82, 2.24) is 15.5 Å². The van der Waals surface area contributed by atoms with Crippen LogP contribution in [0.1, 0.15) is 42.2 Å². The maximum Gasteiger partial charge on any atom is 0.258 e. The maximum atomic E-state index is 5.88. The van der Waals surface area contributed by atoms with Crippen molar-refractivity contribution in [3.05, 3.63) is 59.3 Å². The lowest BCUT2D eigenvalue weighted by atomic mass is 10.1. The van der Waals surface area contributed by atoms with Crippen LogP contribution in [0.3, 0.4) is 0 Å². The molecule has 5 heteroatoms. The Labute approximate surface area is 141 Å². The summed E-state index contributed by atoms with van der Waals surface area (Å²) in [7, 11) is 0. The van der Waals surface area contributed by atoms with Gasteiger partial charge in [0.1, 0.15) is 11.5 Å². The standard InChI is InChI=1S/C19H21N3O2/c1-12-5-3-4-6-15(12)19-21-18(22-24-19)11-20-10-14-7-8-17(23-14)16-9-13(16)2/h3-8,13,16,20H,9-11H2,1-2H3. The van der Waals surface area contributed by atoms with Crippen LogP contribution < -0.4 is 5.32 Å². The van der Waals surface area contributed by atoms with E-state index >= 15 is 0 Å². The first-order valence-corrected chi connectivity index (χ1v) is 8.38. The Morgan fingerprint density at radius 3 is 2.79 bits per heavy atom. The summed E-state index contributed by atoms with van der Waals surface area (Å²) in [6.45, 7) is 5.50. The summed E-state index contributed by atoms with van der Waals surface area (Å²) < 4.78 is 11.2. The molecule has 0 aliphatic heterocycles. The Bertz CT molecular complexity index is 837. The fourth-order valence-electron chi connectivity index (χ4n) is 2.95. The molecular formula is C19H21N3O2. The van der Waals surface area contributed by atoms with E-state index in [9.17, 15) is 0 Å². The van der Waals surface area contributed by atoms with Gasteiger partial charge in [0.15, 0.2) is 5.82 Å². The summed E-state index contributed by atoms with van der Waals surface area (Å²) in [6.07, 6.45) is 1.24. The fraction of sp³-hybridized carbons (Fsp3) is 0.368. The van der Waals surface area contributed by atoms with Gasteiger partial charge in [-0.3, -0.25) is 0 Å². The Morgan fingerprint density at radius 1 is 1.17 bits per heavy atom. The van der Waals surface area contributed by atoms with Crippen LogP contribution in [0.15, 0.2) is 45.3 Å². The summed E-state index contributed by atoms with van der Waals surface area (Å²) >= 11 is 0. The van der Waals surface area contributed by atoms with Crippen molar-refractivity contribution in [3.63, 3.8) is 0 Å². The van der Waals surface area contributed by atoms with Crippen molar-refractivity contribution in [1.29, 1.82) is 0 Å². The number of hydrogen-bond donors (Lipinski definition) is 1. The van der Waals surface area contributed by atoms with Crippen LogP contribution in [0.4, 0.5) is 0 Å². The topological polar surface area (TPSA) is 64.1 Å². The Kier molecular flexibility index (Phi) is 3.94. The molecule has 1 N–H and O–H groups in total. The van der Waals surface area contributed by atoms with Crippen LogP contribution in [-0.2, 0) is 13.1 Å². The number of hydrogen-bond acceptors (Lipinski definition) is 5. The predicted molar refractivity (Wildman–Crippen MR) is 90.2 cm³/mol. The van der Waals surface area contributed by atoms with E-state index in [1.165, 1.54) is 6.42 Å². The number of rotatable bonds is 6. The molecule has 5 nitrogen and oxygen atoms in total. The molecule has 4 rings (SSSR count). The second-order valence-corrected chi connectivity index (χ2v) is 6.56. The minimum Gasteiger partial charge on any atom is -0.464 e. The monoisotopic (exact) mass is 323 g/mol. The molecule has 0 amide bonds. The molecule has 0 bridgehead atoms. The molecule has 0 spiro atoms. The number of furan rings is 1. The van der Waals surface area contributed by atoms with Gasteiger partial charge in [0.2, 0.25) is 0 Å². The lowest BCUT2D eigenvalue weighted by molar-refractivity contribution is 0.413. The molecule has 1 aromatic carbocycles. The first-order chi connectivity index (χ1) is 11.7. The summed E-state index contributed by atoms with van der Waals surface area (Å²) in [5, 5.41) is 7.34. The second-order valence-electron chi connectivity index (χ2n) is 6.56. The second kappa shape index (κ2) is 6.24. The summed E-state index contributed by atoms with van der Waals surface area (Å²) in [6, 6.07) is 12.1. The van der Waals surface area contributed by atoms with Crippen LogP contribution in [0.5, 0.6) is 0 Å². The van der Waals surface area contributed by atoms with Gasteiger partial charge in [0.05, 0.1) is 13.1 Å². The number of aromatic nitrogens is 2. The molecule has 24 heavy (non-hydrogen) atoms. The Balaban J connectivity index is 1.33. The van der Waals surface area contributed by atoms with Gasteiger partial charge in [-0.05, 0) is 43.0 Å². The number of nitrogens with zero attached hydrogens (tertiary/aromatic N) is 2. The zero-order valence-corrected chi connectivity index (χ0v) is 14.0. The SMILES string of the molecule is Cc1ccccc1-c1nc(CNCc2ccc(C3CC3C)o2)no1. The predicted octanol–water partition coefficient (Wildman–Crippen LogP) is 4.05. The smallest absolute Gasteiger partial charge is 0.258 e. The van der Waals surface area contributed by atoms with Gasteiger partial charge in [0, 0.05) is 11.5 Å². The highest BCUT2D eigenvalue weighted by atomic mass is 16.5. The molecule has 1 aliphatic carbocycles. The maximum absolute atomic E-state index is 5.88. The molecule has 0 saturated heterocycles. The highest BCUT2D eigenvalue weighted by molar-refractivity contribution is 5.57. The van der Waals surface area contributed by atoms with Gasteiger partial charge < -0.3 is 14.3 Å². The highest BCUT2D eigenvalue weighted by Crippen LogP contribution is 2.47. The average molecular weight is 323 g/mol. The fourth-order valence-corrected chi connectivity index (χ4v) is 2.95. The number of nitrogens with one attached hydrogen (secondary N) is 1. The molecule has 2 heterocycles. The zero-order valence-electron chi connectivity index (χ0n) is 14.0. The van der Waals surface area contributed by atoms with Gasteiger partial charge in [-0.2, -0.15) is 4.98 Å². The molecule has 2 aromatic heterocycles. The molecule has 1 aliphatic rings. The van der Waals surface area contributed by atoms with Crippen LogP contribution in [0.25, 0.3) is 11.5 Å². The van der Waals surface area contributed by atoms with Crippen LogP contribution >= 0.6 is 0 Å². The van der Waals surface area contributed by atoms with Crippen molar-refractivity contribution >= 4 is 0 Å². The third kappa shape index (κ3) is 3.12. The minimum absolute atomic E-state index is 0.547. The molecule has 0 radical (unpaired) electrons. The van der Waals surface area contributed by atoms with Gasteiger partial charge in [-0.15, -0.1) is 0 Å². The highest BCUT2D eigenvalue weighted by Gasteiger charge is 2.36. The third-order valence-electron chi connectivity index (χ3n) is 4.58. The molecule has 3 aromatic rings. The lowest BCUT2D eigenvalue weighted by Gasteiger charge is -1.99. The number of aryl methyl sites for hydroxylation is 1. The van der Waals surface area contributed by atoms with E-state index in [2.05, 4.69) is 28.4 Å². The Hall–Kier alpha value is -2.40. The van der Waals surface area contributed by atoms with Gasteiger partial charge in [0.25, 0.3) is 5.89 Å². The largest absolute Gasteiger partial charge is 0.464 e. The molecule has 124 valence electrons. The molecule has 1 fully saturated rings. The molecular weight excluding hydrogens is 302 g/mol. The van der Waals surface area contributed by atoms with Gasteiger partial charge in [-0.1, -0.05) is 30.3 Å². The van der Waals surface area contributed by atoms with Crippen molar-refractivity contribution in [2.24, 2.45) is 5.92 Å². The van der Waals surface area contributed by atoms with Crippen molar-refractivity contribution < 1.29 is 8.94 Å². The van der Waals surface area contributed by atoms with E-state index in [1.807, 2.05) is 37.3 Å². The van der Waals surface area contributed by atoms with Crippen molar-refractivity contribution in [2.75, 3.05) is 0 Å². The average Bonchev–Trinajstić information content (AvgIpc) is 3.00. The van der Waals surface area contributed by atoms with Crippen LogP contribution in [-0.4, -0.2) is 10.1 Å². The normalized spacial score (nSPS) is 19.6. The van der Waals surface area contributed by atoms with E-state index in [4.69, 9.17) is 8.94 Å². The Morgan fingerprint density at radius 2 is 2.00 bits per heavy atom. The molecule has 1 saturated carbocycles. The molecule has 2 atom stereocenters. The summed E-state index contributed by atoms with van der Waals surface area (Å²) in [5.74, 6) is 4.65. The van der Waals surface area contributed by atoms with Gasteiger partial charge >= 0.3 is 0 Å². The first-order valence-electron chi connectivity index (χ1n) is 8.38.